The van der Waals surface area contributed by atoms with Gasteiger partial charge in [-0.2, -0.15) is 5.10 Å². The Labute approximate surface area is 132 Å². The maximum atomic E-state index is 9.85. The SMILES string of the molecule is CSc1ncc2ccc(-c3cnn(CC(C)(C)O)c3)nc2n1. The first kappa shape index (κ1) is 14.9. The molecule has 0 amide bonds. The summed E-state index contributed by atoms with van der Waals surface area (Å²) in [5.74, 6) is 0. The van der Waals surface area contributed by atoms with Crippen LogP contribution in [0.4, 0.5) is 0 Å². The van der Waals surface area contributed by atoms with Crippen LogP contribution in [0.15, 0.2) is 35.9 Å². The van der Waals surface area contributed by atoms with Crippen molar-refractivity contribution in [1.29, 1.82) is 0 Å². The summed E-state index contributed by atoms with van der Waals surface area (Å²) in [6.45, 7) is 3.94. The maximum Gasteiger partial charge on any atom is 0.189 e. The third-order valence-electron chi connectivity index (χ3n) is 3.08. The van der Waals surface area contributed by atoms with Crippen molar-refractivity contribution in [3.63, 3.8) is 0 Å². The largest absolute Gasteiger partial charge is 0.389 e. The second-order valence-corrected chi connectivity index (χ2v) is 6.48. The molecule has 0 aliphatic rings. The van der Waals surface area contributed by atoms with Crippen LogP contribution in [0.2, 0.25) is 0 Å². The van der Waals surface area contributed by atoms with Crippen molar-refractivity contribution in [3.8, 4) is 11.3 Å². The number of aromatic nitrogens is 5. The molecule has 0 spiro atoms. The van der Waals surface area contributed by atoms with Gasteiger partial charge in [0.2, 0.25) is 0 Å². The number of hydrogen-bond donors (Lipinski definition) is 1. The maximum absolute atomic E-state index is 9.85. The van der Waals surface area contributed by atoms with Gasteiger partial charge in [0.15, 0.2) is 10.8 Å². The Balaban J connectivity index is 1.96. The third kappa shape index (κ3) is 3.26. The number of pyridine rings is 1. The van der Waals surface area contributed by atoms with Crippen LogP contribution in [0.1, 0.15) is 13.8 Å². The molecule has 7 heteroatoms. The molecule has 0 aliphatic carbocycles. The van der Waals surface area contributed by atoms with Crippen LogP contribution in [-0.4, -0.2) is 41.7 Å². The molecule has 0 unspecified atom stereocenters. The summed E-state index contributed by atoms with van der Waals surface area (Å²) in [7, 11) is 0. The minimum absolute atomic E-state index is 0.430. The number of thioether (sulfide) groups is 1. The molecule has 22 heavy (non-hydrogen) atoms. The fourth-order valence-corrected chi connectivity index (χ4v) is 2.47. The molecule has 3 heterocycles. The van der Waals surface area contributed by atoms with E-state index in [1.165, 1.54) is 11.8 Å². The Bertz CT molecular complexity index is 809. The molecule has 0 aromatic carbocycles. The van der Waals surface area contributed by atoms with Crippen LogP contribution < -0.4 is 0 Å². The molecular formula is C15H17N5OS. The average Bonchev–Trinajstić information content (AvgIpc) is 2.92. The molecule has 0 radical (unpaired) electrons. The Morgan fingerprint density at radius 3 is 2.77 bits per heavy atom. The lowest BCUT2D eigenvalue weighted by molar-refractivity contribution is 0.0577. The molecular weight excluding hydrogens is 298 g/mol. The molecule has 0 saturated carbocycles. The van der Waals surface area contributed by atoms with E-state index >= 15 is 0 Å². The van der Waals surface area contributed by atoms with E-state index in [-0.39, 0.29) is 0 Å². The van der Waals surface area contributed by atoms with Gasteiger partial charge in [0.25, 0.3) is 0 Å². The third-order valence-corrected chi connectivity index (χ3v) is 3.64. The second-order valence-electron chi connectivity index (χ2n) is 5.71. The number of hydrogen-bond acceptors (Lipinski definition) is 6. The van der Waals surface area contributed by atoms with Gasteiger partial charge in [0.05, 0.1) is 24.0 Å². The first-order valence-electron chi connectivity index (χ1n) is 6.88. The number of nitrogens with zero attached hydrogens (tertiary/aromatic N) is 5. The fourth-order valence-electron chi connectivity index (χ4n) is 2.13. The molecule has 1 N–H and O–H groups in total. The van der Waals surface area contributed by atoms with Crippen molar-refractivity contribution in [2.75, 3.05) is 6.26 Å². The van der Waals surface area contributed by atoms with Crippen molar-refractivity contribution in [2.45, 2.75) is 31.1 Å². The van der Waals surface area contributed by atoms with Crippen LogP contribution in [0.3, 0.4) is 0 Å². The molecule has 3 rings (SSSR count). The predicted molar refractivity (Wildman–Crippen MR) is 86.6 cm³/mol. The quantitative estimate of drug-likeness (QED) is 0.588. The number of rotatable bonds is 4. The Morgan fingerprint density at radius 1 is 1.23 bits per heavy atom. The van der Waals surface area contributed by atoms with E-state index in [0.29, 0.717) is 17.3 Å². The highest BCUT2D eigenvalue weighted by atomic mass is 32.2. The zero-order chi connectivity index (χ0) is 15.7. The highest BCUT2D eigenvalue weighted by molar-refractivity contribution is 7.98. The van der Waals surface area contributed by atoms with Gasteiger partial charge in [-0.15, -0.1) is 0 Å². The molecule has 0 atom stereocenters. The van der Waals surface area contributed by atoms with Crippen LogP contribution in [0, 0.1) is 0 Å². The molecule has 0 fully saturated rings. The highest BCUT2D eigenvalue weighted by Gasteiger charge is 2.14. The minimum atomic E-state index is -0.805. The summed E-state index contributed by atoms with van der Waals surface area (Å²) in [5.41, 5.74) is 1.57. The topological polar surface area (TPSA) is 76.7 Å². The summed E-state index contributed by atoms with van der Waals surface area (Å²) in [6, 6.07) is 3.88. The van der Waals surface area contributed by atoms with Gasteiger partial charge in [-0.3, -0.25) is 4.68 Å². The second kappa shape index (κ2) is 5.66. The van der Waals surface area contributed by atoms with Crippen LogP contribution >= 0.6 is 11.8 Å². The first-order valence-corrected chi connectivity index (χ1v) is 8.10. The number of aliphatic hydroxyl groups is 1. The summed E-state index contributed by atoms with van der Waals surface area (Å²) in [5, 5.41) is 15.7. The minimum Gasteiger partial charge on any atom is -0.389 e. The van der Waals surface area contributed by atoms with Gasteiger partial charge < -0.3 is 5.11 Å². The van der Waals surface area contributed by atoms with Crippen molar-refractivity contribution in [3.05, 3.63) is 30.7 Å². The molecule has 6 nitrogen and oxygen atoms in total. The zero-order valence-electron chi connectivity index (χ0n) is 12.7. The summed E-state index contributed by atoms with van der Waals surface area (Å²) < 4.78 is 1.72. The zero-order valence-corrected chi connectivity index (χ0v) is 13.5. The van der Waals surface area contributed by atoms with E-state index in [4.69, 9.17) is 0 Å². The van der Waals surface area contributed by atoms with Gasteiger partial charge in [0.1, 0.15) is 0 Å². The summed E-state index contributed by atoms with van der Waals surface area (Å²) >= 11 is 1.49. The van der Waals surface area contributed by atoms with Gasteiger partial charge in [-0.1, -0.05) is 11.8 Å². The molecule has 3 aromatic heterocycles. The van der Waals surface area contributed by atoms with E-state index in [0.717, 1.165) is 16.6 Å². The molecule has 3 aromatic rings. The monoisotopic (exact) mass is 315 g/mol. The average molecular weight is 315 g/mol. The van der Waals surface area contributed by atoms with Crippen LogP contribution in [0.5, 0.6) is 0 Å². The lowest BCUT2D eigenvalue weighted by Crippen LogP contribution is -2.26. The van der Waals surface area contributed by atoms with Crippen molar-refractivity contribution < 1.29 is 5.11 Å². The molecule has 0 aliphatic heterocycles. The Kier molecular flexibility index (Phi) is 3.84. The van der Waals surface area contributed by atoms with Gasteiger partial charge in [-0.05, 0) is 32.2 Å². The Hall–Kier alpha value is -1.99. The Morgan fingerprint density at radius 2 is 2.05 bits per heavy atom. The standard InChI is InChI=1S/C15H17N5OS/c1-15(2,21)9-20-8-11(7-17-20)12-5-4-10-6-16-14(22-3)19-13(10)18-12/h4-8,21H,9H2,1-3H3. The normalized spacial score (nSPS) is 12.0. The summed E-state index contributed by atoms with van der Waals surface area (Å²) in [4.78, 5) is 13.2. The van der Waals surface area contributed by atoms with E-state index in [2.05, 4.69) is 20.1 Å². The van der Waals surface area contributed by atoms with Crippen molar-refractivity contribution in [1.82, 2.24) is 24.7 Å². The van der Waals surface area contributed by atoms with E-state index in [1.54, 1.807) is 30.9 Å². The fraction of sp³-hybridized carbons (Fsp3) is 0.333. The highest BCUT2D eigenvalue weighted by Crippen LogP contribution is 2.21. The van der Waals surface area contributed by atoms with E-state index < -0.39 is 5.60 Å². The lowest BCUT2D eigenvalue weighted by Gasteiger charge is -2.16. The van der Waals surface area contributed by atoms with E-state index in [1.807, 2.05) is 24.6 Å². The summed E-state index contributed by atoms with van der Waals surface area (Å²) in [6.07, 6.45) is 7.34. The smallest absolute Gasteiger partial charge is 0.189 e. The predicted octanol–water partition coefficient (Wildman–Crippen LogP) is 2.38. The number of fused-ring (bicyclic) bond motifs is 1. The molecule has 0 bridgehead atoms. The van der Waals surface area contributed by atoms with E-state index in [9.17, 15) is 5.11 Å². The molecule has 114 valence electrons. The van der Waals surface area contributed by atoms with Crippen LogP contribution in [-0.2, 0) is 6.54 Å². The van der Waals surface area contributed by atoms with Crippen LogP contribution in [0.25, 0.3) is 22.3 Å². The van der Waals surface area contributed by atoms with Gasteiger partial charge in [0, 0.05) is 23.3 Å². The molecule has 0 saturated heterocycles. The van der Waals surface area contributed by atoms with Crippen molar-refractivity contribution >= 4 is 22.8 Å². The van der Waals surface area contributed by atoms with Crippen molar-refractivity contribution in [2.24, 2.45) is 0 Å². The van der Waals surface area contributed by atoms with Gasteiger partial charge >= 0.3 is 0 Å². The first-order chi connectivity index (χ1) is 10.4. The lowest BCUT2D eigenvalue weighted by atomic mass is 10.1. The van der Waals surface area contributed by atoms with Gasteiger partial charge in [-0.25, -0.2) is 15.0 Å².